The standard InChI is InChI=1S/C16H12N2O3S3/c1-9-17-14(10-5-3-2-4-6-10)11(23-9)7-12-15(21)18(8-13(19)20)16(22)24-12/h2-7H,8H2,1H3,(H,19,20). The summed E-state index contributed by atoms with van der Waals surface area (Å²) in [7, 11) is 0. The van der Waals surface area contributed by atoms with Gasteiger partial charge in [-0.2, -0.15) is 0 Å². The van der Waals surface area contributed by atoms with Crippen LogP contribution in [-0.2, 0) is 9.59 Å². The van der Waals surface area contributed by atoms with E-state index in [0.717, 1.165) is 37.8 Å². The maximum atomic E-state index is 12.4. The van der Waals surface area contributed by atoms with Crippen molar-refractivity contribution in [2.75, 3.05) is 6.54 Å². The van der Waals surface area contributed by atoms with E-state index < -0.39 is 12.5 Å². The monoisotopic (exact) mass is 376 g/mol. The number of amides is 1. The molecule has 24 heavy (non-hydrogen) atoms. The first kappa shape index (κ1) is 16.8. The molecule has 0 atom stereocenters. The number of nitrogens with zero attached hydrogens (tertiary/aromatic N) is 2. The van der Waals surface area contributed by atoms with Gasteiger partial charge in [0.2, 0.25) is 0 Å². The maximum Gasteiger partial charge on any atom is 0.323 e. The average Bonchev–Trinajstić information content (AvgIpc) is 3.03. The Balaban J connectivity index is 1.97. The minimum absolute atomic E-state index is 0.260. The Morgan fingerprint density at radius 1 is 1.38 bits per heavy atom. The zero-order valence-corrected chi connectivity index (χ0v) is 15.0. The van der Waals surface area contributed by atoms with Crippen LogP contribution in [0.5, 0.6) is 0 Å². The first-order valence-corrected chi connectivity index (χ1v) is 9.00. The van der Waals surface area contributed by atoms with Crippen LogP contribution in [0.15, 0.2) is 35.2 Å². The van der Waals surface area contributed by atoms with Crippen LogP contribution in [-0.4, -0.2) is 37.7 Å². The molecular formula is C16H12N2O3S3. The van der Waals surface area contributed by atoms with E-state index in [2.05, 4.69) is 4.98 Å². The fourth-order valence-electron chi connectivity index (χ4n) is 2.23. The molecule has 8 heteroatoms. The van der Waals surface area contributed by atoms with Crippen LogP contribution in [0, 0.1) is 6.92 Å². The highest BCUT2D eigenvalue weighted by molar-refractivity contribution is 8.26. The Labute approximate surface area is 152 Å². The average molecular weight is 376 g/mol. The molecule has 1 fully saturated rings. The van der Waals surface area contributed by atoms with E-state index >= 15 is 0 Å². The molecule has 2 heterocycles. The van der Waals surface area contributed by atoms with Gasteiger partial charge in [0.15, 0.2) is 0 Å². The summed E-state index contributed by atoms with van der Waals surface area (Å²) in [5.41, 5.74) is 1.77. The second kappa shape index (κ2) is 6.84. The van der Waals surface area contributed by atoms with Gasteiger partial charge < -0.3 is 5.11 Å². The molecule has 0 radical (unpaired) electrons. The third kappa shape index (κ3) is 3.40. The fraction of sp³-hybridized carbons (Fsp3) is 0.125. The van der Waals surface area contributed by atoms with Crippen molar-refractivity contribution in [3.63, 3.8) is 0 Å². The molecule has 0 saturated carbocycles. The second-order valence-electron chi connectivity index (χ2n) is 4.97. The zero-order valence-electron chi connectivity index (χ0n) is 12.6. The third-order valence-electron chi connectivity index (χ3n) is 3.24. The molecule has 1 amide bonds. The molecule has 1 aromatic carbocycles. The summed E-state index contributed by atoms with van der Waals surface area (Å²) in [5, 5.41) is 9.78. The molecule has 5 nitrogen and oxygen atoms in total. The number of aryl methyl sites for hydroxylation is 1. The Morgan fingerprint density at radius 3 is 2.75 bits per heavy atom. The van der Waals surface area contributed by atoms with Crippen LogP contribution in [0.4, 0.5) is 0 Å². The molecule has 1 saturated heterocycles. The predicted molar refractivity (Wildman–Crippen MR) is 99.8 cm³/mol. The van der Waals surface area contributed by atoms with Crippen molar-refractivity contribution in [3.05, 3.63) is 45.1 Å². The number of hydrogen-bond acceptors (Lipinski definition) is 6. The quantitative estimate of drug-likeness (QED) is 0.651. The number of carboxylic acid groups (broad SMARTS) is 1. The van der Waals surface area contributed by atoms with E-state index in [-0.39, 0.29) is 10.2 Å². The van der Waals surface area contributed by atoms with Crippen LogP contribution in [0.2, 0.25) is 0 Å². The molecule has 0 spiro atoms. The van der Waals surface area contributed by atoms with Gasteiger partial charge in [0.1, 0.15) is 10.9 Å². The van der Waals surface area contributed by atoms with Gasteiger partial charge in [0.05, 0.1) is 20.5 Å². The van der Waals surface area contributed by atoms with Gasteiger partial charge in [-0.1, -0.05) is 54.3 Å². The molecule has 1 N–H and O–H groups in total. The smallest absolute Gasteiger partial charge is 0.323 e. The summed E-state index contributed by atoms with van der Waals surface area (Å²) >= 11 is 7.71. The Hall–Kier alpha value is -2.03. The van der Waals surface area contributed by atoms with Crippen molar-refractivity contribution < 1.29 is 14.7 Å². The van der Waals surface area contributed by atoms with Crippen molar-refractivity contribution >= 4 is 57.6 Å². The summed E-state index contributed by atoms with van der Waals surface area (Å²) < 4.78 is 0.260. The van der Waals surface area contributed by atoms with Gasteiger partial charge in [-0.3, -0.25) is 14.5 Å². The minimum atomic E-state index is -1.09. The number of carboxylic acids is 1. The molecule has 1 aliphatic rings. The normalized spacial score (nSPS) is 16.2. The topological polar surface area (TPSA) is 70.5 Å². The van der Waals surface area contributed by atoms with Gasteiger partial charge in [0, 0.05) is 5.56 Å². The molecule has 0 aliphatic carbocycles. The molecule has 2 aromatic rings. The highest BCUT2D eigenvalue weighted by atomic mass is 32.2. The van der Waals surface area contributed by atoms with Crippen LogP contribution >= 0.6 is 35.3 Å². The zero-order chi connectivity index (χ0) is 17.3. The predicted octanol–water partition coefficient (Wildman–Crippen LogP) is 3.40. The SMILES string of the molecule is Cc1nc(-c2ccccc2)c(C=C2SC(=S)N(CC(=O)O)C2=O)s1. The van der Waals surface area contributed by atoms with Crippen molar-refractivity contribution in [3.8, 4) is 11.3 Å². The lowest BCUT2D eigenvalue weighted by atomic mass is 10.1. The highest BCUT2D eigenvalue weighted by Gasteiger charge is 2.33. The van der Waals surface area contributed by atoms with E-state index in [0.29, 0.717) is 4.91 Å². The lowest BCUT2D eigenvalue weighted by Gasteiger charge is -2.10. The minimum Gasteiger partial charge on any atom is -0.480 e. The van der Waals surface area contributed by atoms with Crippen molar-refractivity contribution in [1.29, 1.82) is 0 Å². The fourth-order valence-corrected chi connectivity index (χ4v) is 4.44. The number of carbonyl (C=O) groups excluding carboxylic acids is 1. The summed E-state index contributed by atoms with van der Waals surface area (Å²) in [5.74, 6) is -1.47. The lowest BCUT2D eigenvalue weighted by molar-refractivity contribution is -0.140. The van der Waals surface area contributed by atoms with Gasteiger partial charge in [-0.05, 0) is 13.0 Å². The first-order valence-electron chi connectivity index (χ1n) is 6.95. The molecule has 3 rings (SSSR count). The molecule has 1 aliphatic heterocycles. The number of carbonyl (C=O) groups is 2. The number of hydrogen-bond donors (Lipinski definition) is 1. The summed E-state index contributed by atoms with van der Waals surface area (Å²) in [6.45, 7) is 1.49. The van der Waals surface area contributed by atoms with E-state index in [1.165, 1.54) is 11.3 Å². The number of aliphatic carboxylic acids is 1. The van der Waals surface area contributed by atoms with E-state index in [1.54, 1.807) is 6.08 Å². The number of benzene rings is 1. The van der Waals surface area contributed by atoms with Gasteiger partial charge in [-0.15, -0.1) is 11.3 Å². The van der Waals surface area contributed by atoms with E-state index in [4.69, 9.17) is 17.3 Å². The van der Waals surface area contributed by atoms with E-state index in [9.17, 15) is 9.59 Å². The van der Waals surface area contributed by atoms with Crippen LogP contribution in [0.1, 0.15) is 9.88 Å². The first-order chi connectivity index (χ1) is 11.5. The van der Waals surface area contributed by atoms with Crippen LogP contribution in [0.3, 0.4) is 0 Å². The van der Waals surface area contributed by atoms with Gasteiger partial charge >= 0.3 is 5.97 Å². The number of thiocarbonyl (C=S) groups is 1. The summed E-state index contributed by atoms with van der Waals surface area (Å²) in [6.07, 6.45) is 1.74. The Kier molecular flexibility index (Phi) is 4.79. The van der Waals surface area contributed by atoms with Gasteiger partial charge in [0.25, 0.3) is 5.91 Å². The van der Waals surface area contributed by atoms with Crippen molar-refractivity contribution in [1.82, 2.24) is 9.88 Å². The van der Waals surface area contributed by atoms with Crippen molar-refractivity contribution in [2.45, 2.75) is 6.92 Å². The molecule has 1 aromatic heterocycles. The largest absolute Gasteiger partial charge is 0.480 e. The maximum absolute atomic E-state index is 12.4. The second-order valence-corrected chi connectivity index (χ2v) is 7.88. The van der Waals surface area contributed by atoms with Crippen LogP contribution in [0.25, 0.3) is 17.3 Å². The third-order valence-corrected chi connectivity index (χ3v) is 5.53. The number of thioether (sulfide) groups is 1. The van der Waals surface area contributed by atoms with Crippen LogP contribution < -0.4 is 0 Å². The molecule has 0 unspecified atom stereocenters. The Bertz CT molecular complexity index is 859. The summed E-state index contributed by atoms with van der Waals surface area (Å²) in [6, 6.07) is 9.71. The van der Waals surface area contributed by atoms with Gasteiger partial charge in [-0.25, -0.2) is 4.98 Å². The number of thiazole rings is 1. The summed E-state index contributed by atoms with van der Waals surface area (Å²) in [4.78, 5) is 30.2. The lowest BCUT2D eigenvalue weighted by Crippen LogP contribution is -2.33. The van der Waals surface area contributed by atoms with Crippen molar-refractivity contribution in [2.24, 2.45) is 0 Å². The molecule has 0 bridgehead atoms. The highest BCUT2D eigenvalue weighted by Crippen LogP contribution is 2.36. The number of rotatable bonds is 4. The molecular weight excluding hydrogens is 364 g/mol. The van der Waals surface area contributed by atoms with E-state index in [1.807, 2.05) is 37.3 Å². The number of aromatic nitrogens is 1. The Morgan fingerprint density at radius 2 is 2.08 bits per heavy atom. The molecule has 122 valence electrons.